The Balaban J connectivity index is 1.91. The summed E-state index contributed by atoms with van der Waals surface area (Å²) in [5.41, 5.74) is 2.44. The number of hydrogen-bond donors (Lipinski definition) is 1. The molecule has 2 aromatic heterocycles. The molecule has 0 saturated heterocycles. The van der Waals surface area contributed by atoms with Gasteiger partial charge in [-0.2, -0.15) is 0 Å². The van der Waals surface area contributed by atoms with Gasteiger partial charge >= 0.3 is 0 Å². The van der Waals surface area contributed by atoms with Gasteiger partial charge in [0.1, 0.15) is 11.3 Å². The molecule has 8 heteroatoms. The number of aliphatic hydroxyl groups excluding tert-OH is 1. The molecule has 0 aliphatic heterocycles. The predicted molar refractivity (Wildman–Crippen MR) is 89.3 cm³/mol. The van der Waals surface area contributed by atoms with E-state index in [1.807, 2.05) is 19.1 Å². The highest BCUT2D eigenvalue weighted by Gasteiger charge is 2.29. The van der Waals surface area contributed by atoms with Gasteiger partial charge in [-0.05, 0) is 24.6 Å². The van der Waals surface area contributed by atoms with Gasteiger partial charge < -0.3 is 13.9 Å². The van der Waals surface area contributed by atoms with E-state index < -0.39 is 3.79 Å². The number of rotatable bonds is 3. The first-order valence-electron chi connectivity index (χ1n) is 6.60. The highest BCUT2D eigenvalue weighted by molar-refractivity contribution is 6.66. The molecule has 23 heavy (non-hydrogen) atoms. The van der Waals surface area contributed by atoms with E-state index >= 15 is 0 Å². The molecule has 0 atom stereocenters. The molecule has 3 aromatic rings. The molecule has 1 aromatic carbocycles. The Morgan fingerprint density at radius 3 is 2.61 bits per heavy atom. The first kappa shape index (κ1) is 16.3. The number of furan rings is 1. The third-order valence-corrected chi connectivity index (χ3v) is 3.77. The Hall–Kier alpha value is -1.53. The number of hydrogen-bond acceptors (Lipinski definition) is 5. The van der Waals surface area contributed by atoms with Crippen LogP contribution in [0.15, 0.2) is 27.0 Å². The van der Waals surface area contributed by atoms with Crippen LogP contribution in [0, 0.1) is 6.92 Å². The van der Waals surface area contributed by atoms with Gasteiger partial charge in [0.05, 0.1) is 6.61 Å². The van der Waals surface area contributed by atoms with Crippen molar-refractivity contribution in [2.45, 2.75) is 17.3 Å². The number of benzene rings is 1. The summed E-state index contributed by atoms with van der Waals surface area (Å²) >= 11 is 17.0. The van der Waals surface area contributed by atoms with Gasteiger partial charge in [0.15, 0.2) is 0 Å². The largest absolute Gasteiger partial charge is 0.456 e. The van der Waals surface area contributed by atoms with Gasteiger partial charge in [-0.3, -0.25) is 0 Å². The lowest BCUT2D eigenvalue weighted by Gasteiger charge is -2.01. The van der Waals surface area contributed by atoms with Crippen LogP contribution in [0.2, 0.25) is 0 Å². The number of alkyl halides is 3. The molecule has 0 saturated carbocycles. The third-order valence-electron chi connectivity index (χ3n) is 3.28. The third kappa shape index (κ3) is 3.38. The van der Waals surface area contributed by atoms with Crippen LogP contribution in [-0.2, 0) is 10.4 Å². The normalized spacial score (nSPS) is 12.6. The number of aryl methyl sites for hydroxylation is 1. The Bertz CT molecular complexity index is 878. The van der Waals surface area contributed by atoms with E-state index in [4.69, 9.17) is 43.6 Å². The van der Waals surface area contributed by atoms with E-state index in [1.54, 1.807) is 18.2 Å². The first-order chi connectivity index (χ1) is 10.9. The summed E-state index contributed by atoms with van der Waals surface area (Å²) in [4.78, 5) is 0. The molecule has 120 valence electrons. The summed E-state index contributed by atoms with van der Waals surface area (Å²) in [6.45, 7) is 1.90. The van der Waals surface area contributed by atoms with E-state index in [9.17, 15) is 5.11 Å². The average molecular weight is 374 g/mol. The number of halogens is 3. The second-order valence-electron chi connectivity index (χ2n) is 4.86. The molecule has 0 aliphatic rings. The maximum absolute atomic E-state index is 9.18. The minimum absolute atomic E-state index is 0.0390. The second kappa shape index (κ2) is 6.17. The minimum Gasteiger partial charge on any atom is -0.456 e. The smallest absolute Gasteiger partial charge is 0.268 e. The molecular weight excluding hydrogens is 363 g/mol. The van der Waals surface area contributed by atoms with E-state index in [2.05, 4.69) is 10.2 Å². The van der Waals surface area contributed by atoms with E-state index in [0.717, 1.165) is 16.5 Å². The summed E-state index contributed by atoms with van der Waals surface area (Å²) in [6.07, 6.45) is 3.27. The lowest BCUT2D eigenvalue weighted by atomic mass is 10.1. The fourth-order valence-electron chi connectivity index (χ4n) is 2.11. The summed E-state index contributed by atoms with van der Waals surface area (Å²) in [5.74, 6) is 0.738. The topological polar surface area (TPSA) is 72.3 Å². The van der Waals surface area contributed by atoms with Crippen LogP contribution in [0.4, 0.5) is 0 Å². The van der Waals surface area contributed by atoms with Gasteiger partial charge in [0.25, 0.3) is 9.68 Å². The van der Waals surface area contributed by atoms with Gasteiger partial charge in [0.2, 0.25) is 5.89 Å². The first-order valence-corrected chi connectivity index (χ1v) is 7.73. The van der Waals surface area contributed by atoms with Crippen LogP contribution < -0.4 is 0 Å². The fraction of sp³-hybridized carbons (Fsp3) is 0.200. The van der Waals surface area contributed by atoms with Gasteiger partial charge in [-0.15, -0.1) is 10.2 Å². The Labute approximate surface area is 146 Å². The van der Waals surface area contributed by atoms with Crippen LogP contribution in [0.5, 0.6) is 0 Å². The fourth-order valence-corrected chi connectivity index (χ4v) is 2.34. The molecule has 2 heterocycles. The Kier molecular flexibility index (Phi) is 4.38. The molecule has 1 N–H and O–H groups in total. The average Bonchev–Trinajstić information content (AvgIpc) is 3.10. The zero-order valence-electron chi connectivity index (χ0n) is 11.9. The molecule has 0 fully saturated rings. The summed E-state index contributed by atoms with van der Waals surface area (Å²) in [6, 6.07) is 5.56. The second-order valence-corrected chi connectivity index (χ2v) is 7.14. The monoisotopic (exact) mass is 372 g/mol. The molecule has 3 rings (SSSR count). The van der Waals surface area contributed by atoms with Gasteiger partial charge in [-0.1, -0.05) is 46.9 Å². The van der Waals surface area contributed by atoms with Crippen molar-refractivity contribution in [2.24, 2.45) is 0 Å². The van der Waals surface area contributed by atoms with Crippen molar-refractivity contribution in [3.8, 4) is 0 Å². The molecule has 5 nitrogen and oxygen atoms in total. The van der Waals surface area contributed by atoms with Gasteiger partial charge in [-0.25, -0.2) is 0 Å². The minimum atomic E-state index is -1.75. The molecule has 0 bridgehead atoms. The van der Waals surface area contributed by atoms with Crippen molar-refractivity contribution in [1.29, 1.82) is 0 Å². The molecule has 0 spiro atoms. The van der Waals surface area contributed by atoms with Crippen molar-refractivity contribution >= 4 is 57.9 Å². The van der Waals surface area contributed by atoms with Crippen molar-refractivity contribution < 1.29 is 13.9 Å². The number of nitrogens with zero attached hydrogens (tertiary/aromatic N) is 2. The van der Waals surface area contributed by atoms with E-state index in [0.29, 0.717) is 11.3 Å². The molecule has 0 amide bonds. The highest BCUT2D eigenvalue weighted by atomic mass is 35.6. The Morgan fingerprint density at radius 2 is 1.96 bits per heavy atom. The quantitative estimate of drug-likeness (QED) is 0.679. The number of aliphatic hydroxyl groups is 1. The van der Waals surface area contributed by atoms with Crippen LogP contribution in [0.3, 0.4) is 0 Å². The zero-order chi connectivity index (χ0) is 16.6. The SMILES string of the molecule is Cc1c(/C=C\c2nnc(C(Cl)(Cl)Cl)o2)oc2cc(CO)ccc12. The van der Waals surface area contributed by atoms with Gasteiger partial charge in [0, 0.05) is 17.0 Å². The van der Waals surface area contributed by atoms with Crippen molar-refractivity contribution in [3.63, 3.8) is 0 Å². The highest BCUT2D eigenvalue weighted by Crippen LogP contribution is 2.37. The lowest BCUT2D eigenvalue weighted by Crippen LogP contribution is -1.99. The molecular formula is C15H11Cl3N2O3. The molecule has 0 aliphatic carbocycles. The number of aromatic nitrogens is 2. The van der Waals surface area contributed by atoms with Crippen LogP contribution in [0.1, 0.15) is 28.7 Å². The Morgan fingerprint density at radius 1 is 1.17 bits per heavy atom. The summed E-state index contributed by atoms with van der Waals surface area (Å²) < 4.78 is 9.26. The number of fused-ring (bicyclic) bond motifs is 1. The van der Waals surface area contributed by atoms with Crippen molar-refractivity contribution in [1.82, 2.24) is 10.2 Å². The maximum Gasteiger partial charge on any atom is 0.268 e. The summed E-state index contributed by atoms with van der Waals surface area (Å²) in [7, 11) is 0. The van der Waals surface area contributed by atoms with Crippen molar-refractivity contribution in [3.05, 3.63) is 46.9 Å². The van der Waals surface area contributed by atoms with Crippen LogP contribution >= 0.6 is 34.8 Å². The standard InChI is InChI=1S/C15H11Cl3N2O3/c1-8-10-3-2-9(7-21)6-12(10)22-11(8)4-5-13-19-20-14(23-13)15(16,17)18/h2-6,21H,7H2,1H3/b5-4-. The molecule has 0 unspecified atom stereocenters. The zero-order valence-corrected chi connectivity index (χ0v) is 14.2. The van der Waals surface area contributed by atoms with Crippen LogP contribution in [-0.4, -0.2) is 15.3 Å². The predicted octanol–water partition coefficient (Wildman–Crippen LogP) is 4.61. The van der Waals surface area contributed by atoms with E-state index in [1.165, 1.54) is 0 Å². The van der Waals surface area contributed by atoms with E-state index in [-0.39, 0.29) is 18.4 Å². The lowest BCUT2D eigenvalue weighted by molar-refractivity contribution is 0.282. The molecule has 0 radical (unpaired) electrons. The maximum atomic E-state index is 9.18. The summed E-state index contributed by atoms with van der Waals surface area (Å²) in [5, 5.41) is 17.6. The van der Waals surface area contributed by atoms with Crippen LogP contribution in [0.25, 0.3) is 23.1 Å². The van der Waals surface area contributed by atoms with Crippen molar-refractivity contribution in [2.75, 3.05) is 0 Å².